The topological polar surface area (TPSA) is 54.5 Å². The third-order valence-corrected chi connectivity index (χ3v) is 4.79. The maximum atomic E-state index is 12.7. The van der Waals surface area contributed by atoms with Crippen molar-refractivity contribution in [2.45, 2.75) is 31.3 Å². The molecule has 2 aliphatic rings. The summed E-state index contributed by atoms with van der Waals surface area (Å²) < 4.78 is 5.39. The highest BCUT2D eigenvalue weighted by Crippen LogP contribution is 2.24. The van der Waals surface area contributed by atoms with Gasteiger partial charge in [0.15, 0.2) is 0 Å². The van der Waals surface area contributed by atoms with Crippen molar-refractivity contribution >= 4 is 22.6 Å². The number of aromatic nitrogens is 1. The van der Waals surface area contributed by atoms with Gasteiger partial charge in [0.2, 0.25) is 5.91 Å². The standard InChI is InChI=1S/C18H21N3O2/c22-18-16(7-10-21(18)14-8-11-23-12-9-14)20-17-6-5-13-3-1-2-4-15(13)19-17/h1-6,14,16H,7-12H2,(H,19,20). The normalized spacial score (nSPS) is 22.7. The Morgan fingerprint density at radius 3 is 2.78 bits per heavy atom. The number of hydrogen-bond acceptors (Lipinski definition) is 4. The Hall–Kier alpha value is -2.14. The Bertz CT molecular complexity index is 712. The van der Waals surface area contributed by atoms with Crippen molar-refractivity contribution in [3.05, 3.63) is 36.4 Å². The molecule has 3 heterocycles. The maximum Gasteiger partial charge on any atom is 0.245 e. The highest BCUT2D eigenvalue weighted by molar-refractivity contribution is 5.87. The fourth-order valence-corrected chi connectivity index (χ4v) is 3.52. The van der Waals surface area contributed by atoms with E-state index in [2.05, 4.69) is 10.3 Å². The number of carbonyl (C=O) groups is 1. The molecular weight excluding hydrogens is 290 g/mol. The summed E-state index contributed by atoms with van der Waals surface area (Å²) in [5.74, 6) is 0.975. The molecule has 1 atom stereocenters. The Morgan fingerprint density at radius 1 is 1.09 bits per heavy atom. The summed E-state index contributed by atoms with van der Waals surface area (Å²) in [6.45, 7) is 2.35. The number of nitrogens with zero attached hydrogens (tertiary/aromatic N) is 2. The summed E-state index contributed by atoms with van der Waals surface area (Å²) in [4.78, 5) is 19.3. The first kappa shape index (κ1) is 14.5. The van der Waals surface area contributed by atoms with Crippen molar-refractivity contribution in [2.24, 2.45) is 0 Å². The highest BCUT2D eigenvalue weighted by atomic mass is 16.5. The van der Waals surface area contributed by atoms with E-state index >= 15 is 0 Å². The quantitative estimate of drug-likeness (QED) is 0.946. The van der Waals surface area contributed by atoms with Gasteiger partial charge in [0.25, 0.3) is 0 Å². The molecule has 0 spiro atoms. The molecule has 23 heavy (non-hydrogen) atoms. The number of hydrogen-bond donors (Lipinski definition) is 1. The van der Waals surface area contributed by atoms with Crippen molar-refractivity contribution < 1.29 is 9.53 Å². The number of rotatable bonds is 3. The number of nitrogens with one attached hydrogen (secondary N) is 1. The van der Waals surface area contributed by atoms with E-state index in [1.54, 1.807) is 0 Å². The van der Waals surface area contributed by atoms with E-state index < -0.39 is 0 Å². The predicted octanol–water partition coefficient (Wildman–Crippen LogP) is 2.43. The van der Waals surface area contributed by atoms with Crippen molar-refractivity contribution in [3.8, 4) is 0 Å². The first-order valence-electron chi connectivity index (χ1n) is 8.32. The van der Waals surface area contributed by atoms with Gasteiger partial charge in [-0.15, -0.1) is 0 Å². The molecule has 1 aromatic heterocycles. The molecule has 5 nitrogen and oxygen atoms in total. The molecule has 2 fully saturated rings. The first-order chi connectivity index (χ1) is 11.3. The van der Waals surface area contributed by atoms with Crippen LogP contribution in [0.5, 0.6) is 0 Å². The lowest BCUT2D eigenvalue weighted by Crippen LogP contribution is -2.43. The third-order valence-electron chi connectivity index (χ3n) is 4.79. The average Bonchev–Trinajstić information content (AvgIpc) is 2.96. The lowest BCUT2D eigenvalue weighted by atomic mass is 10.1. The molecule has 0 radical (unpaired) electrons. The van der Waals surface area contributed by atoms with E-state index in [1.165, 1.54) is 0 Å². The summed E-state index contributed by atoms with van der Waals surface area (Å²) in [6.07, 6.45) is 2.74. The van der Waals surface area contributed by atoms with Gasteiger partial charge in [-0.05, 0) is 37.5 Å². The third kappa shape index (κ3) is 2.88. The van der Waals surface area contributed by atoms with Crippen LogP contribution in [0.4, 0.5) is 5.82 Å². The lowest BCUT2D eigenvalue weighted by molar-refractivity contribution is -0.131. The molecular formula is C18H21N3O2. The minimum Gasteiger partial charge on any atom is -0.381 e. The second kappa shape index (κ2) is 6.16. The molecule has 1 unspecified atom stereocenters. The molecule has 2 aromatic rings. The van der Waals surface area contributed by atoms with Gasteiger partial charge in [-0.1, -0.05) is 18.2 Å². The molecule has 4 rings (SSSR count). The maximum absolute atomic E-state index is 12.7. The molecule has 1 aromatic carbocycles. The molecule has 0 bridgehead atoms. The van der Waals surface area contributed by atoms with Gasteiger partial charge in [0.05, 0.1) is 5.52 Å². The first-order valence-corrected chi connectivity index (χ1v) is 8.32. The lowest BCUT2D eigenvalue weighted by Gasteiger charge is -2.31. The molecule has 1 N–H and O–H groups in total. The van der Waals surface area contributed by atoms with Crippen molar-refractivity contribution in [2.75, 3.05) is 25.1 Å². The average molecular weight is 311 g/mol. The van der Waals surface area contributed by atoms with Gasteiger partial charge in [-0.25, -0.2) is 4.98 Å². The molecule has 2 aliphatic heterocycles. The number of ether oxygens (including phenoxy) is 1. The monoisotopic (exact) mass is 311 g/mol. The number of fused-ring (bicyclic) bond motifs is 1. The van der Waals surface area contributed by atoms with Gasteiger partial charge in [0, 0.05) is 31.2 Å². The van der Waals surface area contributed by atoms with Crippen LogP contribution in [-0.4, -0.2) is 47.6 Å². The van der Waals surface area contributed by atoms with Crippen LogP contribution in [0.1, 0.15) is 19.3 Å². The van der Waals surface area contributed by atoms with Crippen LogP contribution in [0.25, 0.3) is 10.9 Å². The number of pyridine rings is 1. The Kier molecular flexibility index (Phi) is 3.87. The van der Waals surface area contributed by atoms with E-state index in [4.69, 9.17) is 4.74 Å². The molecule has 1 amide bonds. The van der Waals surface area contributed by atoms with E-state index in [1.807, 2.05) is 41.3 Å². The minimum absolute atomic E-state index is 0.161. The van der Waals surface area contributed by atoms with Gasteiger partial charge < -0.3 is 15.0 Å². The van der Waals surface area contributed by atoms with E-state index in [0.717, 1.165) is 55.7 Å². The molecule has 120 valence electrons. The Balaban J connectivity index is 1.46. The Morgan fingerprint density at radius 2 is 1.91 bits per heavy atom. The largest absolute Gasteiger partial charge is 0.381 e. The second-order valence-electron chi connectivity index (χ2n) is 6.25. The number of amides is 1. The molecule has 0 aliphatic carbocycles. The number of anilines is 1. The fourth-order valence-electron chi connectivity index (χ4n) is 3.52. The van der Waals surface area contributed by atoms with Crippen LogP contribution in [-0.2, 0) is 9.53 Å². The summed E-state index contributed by atoms with van der Waals surface area (Å²) in [5, 5.41) is 4.43. The van der Waals surface area contributed by atoms with Crippen LogP contribution in [0.15, 0.2) is 36.4 Å². The van der Waals surface area contributed by atoms with Crippen LogP contribution in [0, 0.1) is 0 Å². The Labute approximate surface area is 135 Å². The summed E-state index contributed by atoms with van der Waals surface area (Å²) >= 11 is 0. The summed E-state index contributed by atoms with van der Waals surface area (Å²) in [7, 11) is 0. The van der Waals surface area contributed by atoms with Crippen LogP contribution in [0.3, 0.4) is 0 Å². The van der Waals surface area contributed by atoms with Crippen LogP contribution >= 0.6 is 0 Å². The van der Waals surface area contributed by atoms with Crippen molar-refractivity contribution in [1.82, 2.24) is 9.88 Å². The van der Waals surface area contributed by atoms with Gasteiger partial charge in [0.1, 0.15) is 11.9 Å². The number of carbonyl (C=O) groups excluding carboxylic acids is 1. The zero-order valence-corrected chi connectivity index (χ0v) is 13.1. The number of para-hydroxylation sites is 1. The highest BCUT2D eigenvalue weighted by Gasteiger charge is 2.36. The van der Waals surface area contributed by atoms with Gasteiger partial charge in [-0.3, -0.25) is 4.79 Å². The van der Waals surface area contributed by atoms with Crippen molar-refractivity contribution in [3.63, 3.8) is 0 Å². The van der Waals surface area contributed by atoms with Gasteiger partial charge in [-0.2, -0.15) is 0 Å². The smallest absolute Gasteiger partial charge is 0.245 e. The summed E-state index contributed by atoms with van der Waals surface area (Å²) in [5.41, 5.74) is 0.948. The zero-order chi connectivity index (χ0) is 15.6. The zero-order valence-electron chi connectivity index (χ0n) is 13.1. The predicted molar refractivity (Wildman–Crippen MR) is 89.3 cm³/mol. The molecule has 0 saturated carbocycles. The van der Waals surface area contributed by atoms with Crippen molar-refractivity contribution in [1.29, 1.82) is 0 Å². The molecule has 2 saturated heterocycles. The van der Waals surface area contributed by atoms with Gasteiger partial charge >= 0.3 is 0 Å². The molecule has 5 heteroatoms. The van der Waals surface area contributed by atoms with E-state index in [-0.39, 0.29) is 11.9 Å². The van der Waals surface area contributed by atoms with Crippen LogP contribution in [0.2, 0.25) is 0 Å². The fraction of sp³-hybridized carbons (Fsp3) is 0.444. The van der Waals surface area contributed by atoms with E-state index in [9.17, 15) is 4.79 Å². The van der Waals surface area contributed by atoms with E-state index in [0.29, 0.717) is 6.04 Å². The minimum atomic E-state index is -0.161. The van der Waals surface area contributed by atoms with Crippen LogP contribution < -0.4 is 5.32 Å². The number of benzene rings is 1. The SMILES string of the molecule is O=C1C(Nc2ccc3ccccc3n2)CCN1C1CCOCC1. The summed E-state index contributed by atoms with van der Waals surface area (Å²) in [6, 6.07) is 12.2. The number of likely N-dealkylation sites (tertiary alicyclic amines) is 1. The second-order valence-corrected chi connectivity index (χ2v) is 6.25.